The van der Waals surface area contributed by atoms with Gasteiger partial charge in [-0.2, -0.15) is 0 Å². The van der Waals surface area contributed by atoms with Crippen molar-refractivity contribution in [2.75, 3.05) is 32.7 Å². The molecular weight excluding hydrogens is 244 g/mol. The maximum Gasteiger partial charge on any atom is 0.234 e. The molecular formula is C12H22N6O. The van der Waals surface area contributed by atoms with Crippen LogP contribution in [-0.2, 0) is 11.8 Å². The molecule has 1 aliphatic rings. The summed E-state index contributed by atoms with van der Waals surface area (Å²) in [6.07, 6.45) is 2.73. The third kappa shape index (κ3) is 4.00. The Morgan fingerprint density at radius 3 is 3.11 bits per heavy atom. The van der Waals surface area contributed by atoms with Gasteiger partial charge >= 0.3 is 0 Å². The highest BCUT2D eigenvalue weighted by atomic mass is 16.2. The van der Waals surface area contributed by atoms with Crippen molar-refractivity contribution in [3.05, 3.63) is 12.2 Å². The summed E-state index contributed by atoms with van der Waals surface area (Å²) in [5.41, 5.74) is 0. The Morgan fingerprint density at radius 1 is 1.53 bits per heavy atom. The topological polar surface area (TPSA) is 75.1 Å². The van der Waals surface area contributed by atoms with Crippen molar-refractivity contribution in [1.82, 2.24) is 30.3 Å². The lowest BCUT2D eigenvalue weighted by molar-refractivity contribution is -0.122. The number of amides is 1. The quantitative estimate of drug-likeness (QED) is 0.753. The summed E-state index contributed by atoms with van der Waals surface area (Å²) in [6, 6.07) is -0.120. The molecule has 106 valence electrons. The first-order valence-electron chi connectivity index (χ1n) is 6.73. The molecule has 19 heavy (non-hydrogen) atoms. The minimum Gasteiger partial charge on any atom is -0.345 e. The lowest BCUT2D eigenvalue weighted by Crippen LogP contribution is -2.40. The average molecular weight is 266 g/mol. The van der Waals surface area contributed by atoms with Gasteiger partial charge in [0.05, 0.1) is 12.6 Å². The highest BCUT2D eigenvalue weighted by molar-refractivity contribution is 5.78. The zero-order chi connectivity index (χ0) is 13.7. The molecule has 0 aliphatic carbocycles. The fourth-order valence-corrected chi connectivity index (χ4v) is 2.30. The predicted octanol–water partition coefficient (Wildman–Crippen LogP) is -0.712. The number of aryl methyl sites for hydroxylation is 1. The third-order valence-electron chi connectivity index (χ3n) is 3.31. The molecule has 1 aromatic rings. The van der Waals surface area contributed by atoms with Gasteiger partial charge in [0.15, 0.2) is 5.82 Å². The summed E-state index contributed by atoms with van der Waals surface area (Å²) in [6.45, 7) is 6.25. The van der Waals surface area contributed by atoms with E-state index < -0.39 is 0 Å². The molecule has 0 bridgehead atoms. The molecule has 1 amide bonds. The maximum atomic E-state index is 12.0. The minimum atomic E-state index is -0.120. The molecule has 0 spiro atoms. The van der Waals surface area contributed by atoms with Crippen molar-refractivity contribution in [3.8, 4) is 0 Å². The maximum absolute atomic E-state index is 12.0. The Bertz CT molecular complexity index is 410. The van der Waals surface area contributed by atoms with Crippen LogP contribution in [0.4, 0.5) is 0 Å². The molecule has 1 unspecified atom stereocenters. The van der Waals surface area contributed by atoms with E-state index in [1.165, 1.54) is 0 Å². The number of nitrogens with zero attached hydrogens (tertiary/aromatic N) is 4. The van der Waals surface area contributed by atoms with E-state index in [1.54, 1.807) is 6.33 Å². The van der Waals surface area contributed by atoms with E-state index in [2.05, 4.69) is 25.7 Å². The molecule has 7 nitrogen and oxygen atoms in total. The summed E-state index contributed by atoms with van der Waals surface area (Å²) >= 11 is 0. The number of carbonyl (C=O) groups excluding carboxylic acids is 1. The molecule has 0 radical (unpaired) electrons. The van der Waals surface area contributed by atoms with E-state index in [0.717, 1.165) is 38.4 Å². The zero-order valence-electron chi connectivity index (χ0n) is 11.6. The van der Waals surface area contributed by atoms with Gasteiger partial charge in [-0.15, -0.1) is 10.2 Å². The number of hydrogen-bond acceptors (Lipinski definition) is 5. The van der Waals surface area contributed by atoms with Crippen LogP contribution in [0.25, 0.3) is 0 Å². The first-order valence-corrected chi connectivity index (χ1v) is 6.73. The van der Waals surface area contributed by atoms with Crippen LogP contribution >= 0.6 is 0 Å². The van der Waals surface area contributed by atoms with Gasteiger partial charge in [-0.05, 0) is 26.4 Å². The Hall–Kier alpha value is -1.47. The van der Waals surface area contributed by atoms with Crippen molar-refractivity contribution in [1.29, 1.82) is 0 Å². The summed E-state index contributed by atoms with van der Waals surface area (Å²) < 4.78 is 1.82. The van der Waals surface area contributed by atoms with Gasteiger partial charge in [-0.1, -0.05) is 0 Å². The third-order valence-corrected chi connectivity index (χ3v) is 3.31. The van der Waals surface area contributed by atoms with E-state index in [4.69, 9.17) is 0 Å². The van der Waals surface area contributed by atoms with Crippen molar-refractivity contribution in [2.24, 2.45) is 7.05 Å². The highest BCUT2D eigenvalue weighted by Gasteiger charge is 2.17. The Labute approximate surface area is 113 Å². The van der Waals surface area contributed by atoms with Crippen LogP contribution in [0.3, 0.4) is 0 Å². The smallest absolute Gasteiger partial charge is 0.234 e. The second kappa shape index (κ2) is 6.63. The van der Waals surface area contributed by atoms with Crippen molar-refractivity contribution in [2.45, 2.75) is 19.4 Å². The Balaban J connectivity index is 1.82. The SMILES string of the molecule is CC(NC(=O)CN1CCCNCC1)c1nncn1C. The summed E-state index contributed by atoms with van der Waals surface area (Å²) in [5, 5.41) is 14.1. The van der Waals surface area contributed by atoms with E-state index >= 15 is 0 Å². The van der Waals surface area contributed by atoms with Gasteiger partial charge in [-0.25, -0.2) is 0 Å². The molecule has 2 N–H and O–H groups in total. The largest absolute Gasteiger partial charge is 0.345 e. The molecule has 2 heterocycles. The molecule has 2 rings (SSSR count). The molecule has 0 saturated carbocycles. The van der Waals surface area contributed by atoms with E-state index in [1.807, 2.05) is 18.5 Å². The zero-order valence-corrected chi connectivity index (χ0v) is 11.6. The lowest BCUT2D eigenvalue weighted by Gasteiger charge is -2.20. The van der Waals surface area contributed by atoms with Crippen LogP contribution in [0.2, 0.25) is 0 Å². The second-order valence-electron chi connectivity index (χ2n) is 4.97. The van der Waals surface area contributed by atoms with E-state index in [-0.39, 0.29) is 11.9 Å². The van der Waals surface area contributed by atoms with Crippen LogP contribution in [0.1, 0.15) is 25.2 Å². The molecule has 7 heteroatoms. The lowest BCUT2D eigenvalue weighted by atomic mass is 10.3. The average Bonchev–Trinajstić information content (AvgIpc) is 2.63. The van der Waals surface area contributed by atoms with E-state index in [0.29, 0.717) is 6.54 Å². The van der Waals surface area contributed by atoms with Gasteiger partial charge < -0.3 is 15.2 Å². The van der Waals surface area contributed by atoms with Gasteiger partial charge in [0, 0.05) is 20.1 Å². The molecule has 1 fully saturated rings. The molecule has 1 aliphatic heterocycles. The van der Waals surface area contributed by atoms with Gasteiger partial charge in [-0.3, -0.25) is 9.69 Å². The van der Waals surface area contributed by atoms with Crippen LogP contribution in [0.15, 0.2) is 6.33 Å². The predicted molar refractivity (Wildman–Crippen MR) is 71.5 cm³/mol. The number of carbonyl (C=O) groups is 1. The Morgan fingerprint density at radius 2 is 2.37 bits per heavy atom. The molecule has 1 saturated heterocycles. The Kier molecular flexibility index (Phi) is 4.86. The first-order chi connectivity index (χ1) is 9.16. The standard InChI is InChI=1S/C12H22N6O/c1-10(12-16-14-9-17(12)2)15-11(19)8-18-6-3-4-13-5-7-18/h9-10,13H,3-8H2,1-2H3,(H,15,19). The monoisotopic (exact) mass is 266 g/mol. The number of rotatable bonds is 4. The first kappa shape index (κ1) is 14.0. The van der Waals surface area contributed by atoms with Crippen molar-refractivity contribution in [3.63, 3.8) is 0 Å². The number of nitrogens with one attached hydrogen (secondary N) is 2. The summed E-state index contributed by atoms with van der Waals surface area (Å²) in [5.74, 6) is 0.809. The van der Waals surface area contributed by atoms with Crippen LogP contribution in [-0.4, -0.2) is 58.3 Å². The van der Waals surface area contributed by atoms with Gasteiger partial charge in [0.1, 0.15) is 6.33 Å². The normalized spacial score (nSPS) is 18.8. The second-order valence-corrected chi connectivity index (χ2v) is 4.97. The van der Waals surface area contributed by atoms with Crippen molar-refractivity contribution >= 4 is 5.91 Å². The summed E-state index contributed by atoms with van der Waals surface area (Å²) in [7, 11) is 1.87. The number of hydrogen-bond donors (Lipinski definition) is 2. The van der Waals surface area contributed by atoms with Gasteiger partial charge in [0.25, 0.3) is 0 Å². The number of aromatic nitrogens is 3. The molecule has 1 atom stereocenters. The summed E-state index contributed by atoms with van der Waals surface area (Å²) in [4.78, 5) is 14.2. The van der Waals surface area contributed by atoms with Crippen LogP contribution in [0.5, 0.6) is 0 Å². The van der Waals surface area contributed by atoms with Crippen LogP contribution < -0.4 is 10.6 Å². The highest BCUT2D eigenvalue weighted by Crippen LogP contribution is 2.06. The van der Waals surface area contributed by atoms with Crippen molar-refractivity contribution < 1.29 is 4.79 Å². The minimum absolute atomic E-state index is 0.0393. The van der Waals surface area contributed by atoms with Crippen LogP contribution in [0, 0.1) is 0 Å². The fraction of sp³-hybridized carbons (Fsp3) is 0.750. The molecule has 0 aromatic carbocycles. The van der Waals surface area contributed by atoms with Gasteiger partial charge in [0.2, 0.25) is 5.91 Å². The fourth-order valence-electron chi connectivity index (χ4n) is 2.30. The van der Waals surface area contributed by atoms with E-state index in [9.17, 15) is 4.79 Å². The molecule has 1 aromatic heterocycles.